The number of carbonyl (C=O) groups excluding carboxylic acids is 1. The molecular weight excluding hydrogens is 400 g/mol. The molecule has 2 heterocycles. The summed E-state index contributed by atoms with van der Waals surface area (Å²) in [5.41, 5.74) is 5.07. The Morgan fingerprint density at radius 3 is 2.67 bits per heavy atom. The lowest BCUT2D eigenvalue weighted by molar-refractivity contribution is 0.0938. The van der Waals surface area contributed by atoms with Crippen LogP contribution in [-0.4, -0.2) is 34.1 Å². The summed E-state index contributed by atoms with van der Waals surface area (Å²) >= 11 is 6.37. The minimum atomic E-state index is -0.277. The number of nitrogens with zero attached hydrogens (tertiary/aromatic N) is 2. The zero-order chi connectivity index (χ0) is 21.9. The van der Waals surface area contributed by atoms with Gasteiger partial charge in [-0.05, 0) is 42.5 Å². The second-order valence-electron chi connectivity index (χ2n) is 6.92. The predicted octanol–water partition coefficient (Wildman–Crippen LogP) is 3.91. The van der Waals surface area contributed by atoms with Crippen LogP contribution in [-0.2, 0) is 19.4 Å². The fraction of sp³-hybridized carbons (Fsp3) is 0.435. The highest BCUT2D eigenvalue weighted by Gasteiger charge is 2.17. The van der Waals surface area contributed by atoms with Gasteiger partial charge < -0.3 is 15.7 Å². The smallest absolute Gasteiger partial charge is 0.270 e. The van der Waals surface area contributed by atoms with E-state index in [1.54, 1.807) is 6.20 Å². The van der Waals surface area contributed by atoms with E-state index in [1.165, 1.54) is 0 Å². The van der Waals surface area contributed by atoms with Crippen LogP contribution in [0.3, 0.4) is 0 Å². The van der Waals surface area contributed by atoms with Crippen molar-refractivity contribution >= 4 is 23.2 Å². The van der Waals surface area contributed by atoms with Crippen molar-refractivity contribution in [1.82, 2.24) is 20.6 Å². The third-order valence-electron chi connectivity index (χ3n) is 4.66. The number of aliphatic hydroxyl groups excluding tert-OH is 1. The minimum absolute atomic E-state index is 0.108. The van der Waals surface area contributed by atoms with Crippen molar-refractivity contribution in [3.63, 3.8) is 0 Å². The molecule has 0 bridgehead atoms. The van der Waals surface area contributed by atoms with E-state index in [9.17, 15) is 4.79 Å². The molecule has 6 nitrogen and oxygen atoms in total. The number of pyridine rings is 2. The first-order valence-electron chi connectivity index (χ1n) is 10.5. The molecule has 2 aromatic heterocycles. The van der Waals surface area contributed by atoms with Crippen LogP contribution in [0.2, 0.25) is 5.02 Å². The Hall–Kier alpha value is -2.44. The molecule has 0 unspecified atom stereocenters. The first kappa shape index (κ1) is 23.8. The van der Waals surface area contributed by atoms with E-state index in [1.807, 2.05) is 25.3 Å². The van der Waals surface area contributed by atoms with Crippen LogP contribution in [0.5, 0.6) is 0 Å². The second kappa shape index (κ2) is 12.3. The van der Waals surface area contributed by atoms with Crippen molar-refractivity contribution in [2.45, 2.75) is 53.0 Å². The van der Waals surface area contributed by atoms with Gasteiger partial charge >= 0.3 is 0 Å². The largest absolute Gasteiger partial charge is 0.395 e. The van der Waals surface area contributed by atoms with E-state index in [4.69, 9.17) is 16.7 Å². The maximum Gasteiger partial charge on any atom is 0.270 e. The van der Waals surface area contributed by atoms with Gasteiger partial charge in [0.15, 0.2) is 0 Å². The molecule has 30 heavy (non-hydrogen) atoms. The molecule has 0 aromatic carbocycles. The molecule has 2 rings (SSSR count). The Bertz CT molecular complexity index is 884. The summed E-state index contributed by atoms with van der Waals surface area (Å²) in [4.78, 5) is 21.2. The minimum Gasteiger partial charge on any atom is -0.395 e. The summed E-state index contributed by atoms with van der Waals surface area (Å²) in [5.74, 6) is -0.277. The molecule has 162 valence electrons. The third kappa shape index (κ3) is 6.28. The predicted molar refractivity (Wildman–Crippen MR) is 121 cm³/mol. The molecule has 0 atom stereocenters. The van der Waals surface area contributed by atoms with E-state index >= 15 is 0 Å². The number of aromatic nitrogens is 2. The molecule has 0 aliphatic rings. The van der Waals surface area contributed by atoms with Crippen molar-refractivity contribution in [3.8, 4) is 0 Å². The van der Waals surface area contributed by atoms with Crippen molar-refractivity contribution in [2.24, 2.45) is 0 Å². The van der Waals surface area contributed by atoms with Gasteiger partial charge in [-0.3, -0.25) is 14.8 Å². The van der Waals surface area contributed by atoms with Crippen molar-refractivity contribution in [1.29, 1.82) is 0 Å². The number of rotatable bonds is 11. The van der Waals surface area contributed by atoms with Crippen molar-refractivity contribution in [3.05, 3.63) is 63.7 Å². The summed E-state index contributed by atoms with van der Waals surface area (Å²) in [6, 6.07) is 3.88. The Morgan fingerprint density at radius 2 is 2.03 bits per heavy atom. The molecule has 7 heteroatoms. The van der Waals surface area contributed by atoms with Gasteiger partial charge in [0.05, 0.1) is 17.3 Å². The number of nitrogens with one attached hydrogen (secondary N) is 2. The monoisotopic (exact) mass is 430 g/mol. The van der Waals surface area contributed by atoms with Crippen LogP contribution >= 0.6 is 11.6 Å². The van der Waals surface area contributed by atoms with Crippen LogP contribution in [0.25, 0.3) is 5.70 Å². The Morgan fingerprint density at radius 1 is 1.23 bits per heavy atom. The lowest BCUT2D eigenvalue weighted by Gasteiger charge is -2.17. The van der Waals surface area contributed by atoms with Crippen LogP contribution in [0, 0.1) is 0 Å². The number of aliphatic hydroxyl groups is 1. The molecule has 0 fully saturated rings. The zero-order valence-electron chi connectivity index (χ0n) is 18.0. The van der Waals surface area contributed by atoms with Gasteiger partial charge in [0.1, 0.15) is 5.69 Å². The molecule has 0 spiro atoms. The molecule has 3 N–H and O–H groups in total. The number of hydrogen-bond acceptors (Lipinski definition) is 5. The summed E-state index contributed by atoms with van der Waals surface area (Å²) < 4.78 is 0. The Balaban J connectivity index is 2.27. The van der Waals surface area contributed by atoms with Gasteiger partial charge in [0.25, 0.3) is 5.91 Å². The third-order valence-corrected chi connectivity index (χ3v) is 4.99. The van der Waals surface area contributed by atoms with Gasteiger partial charge in [-0.15, -0.1) is 0 Å². The average Bonchev–Trinajstić information content (AvgIpc) is 2.76. The maximum absolute atomic E-state index is 12.5. The number of amides is 1. The second-order valence-corrected chi connectivity index (χ2v) is 7.33. The Kier molecular flexibility index (Phi) is 9.77. The van der Waals surface area contributed by atoms with E-state index in [2.05, 4.69) is 40.5 Å². The van der Waals surface area contributed by atoms with E-state index in [0.29, 0.717) is 23.7 Å². The maximum atomic E-state index is 12.5. The normalized spacial score (nSPS) is 11.4. The summed E-state index contributed by atoms with van der Waals surface area (Å²) in [5, 5.41) is 15.8. The van der Waals surface area contributed by atoms with Crippen LogP contribution in [0.4, 0.5) is 0 Å². The highest BCUT2D eigenvalue weighted by Crippen LogP contribution is 2.22. The molecule has 1 amide bonds. The number of aryl methyl sites for hydroxylation is 1. The first-order valence-corrected chi connectivity index (χ1v) is 10.9. The quantitative estimate of drug-likeness (QED) is 0.503. The fourth-order valence-corrected chi connectivity index (χ4v) is 3.54. The van der Waals surface area contributed by atoms with Gasteiger partial charge in [0.2, 0.25) is 0 Å². The molecule has 0 radical (unpaired) electrons. The lowest BCUT2D eigenvalue weighted by Crippen LogP contribution is -2.28. The van der Waals surface area contributed by atoms with Crippen LogP contribution < -0.4 is 10.6 Å². The van der Waals surface area contributed by atoms with Crippen molar-refractivity contribution < 1.29 is 9.90 Å². The standard InChI is InChI=1S/C23H31ClN4O2/c1-4-7-20(27-14-16-13-19(24)21(8-5-2)28-15-16)18-9-10-25-22(17(18)6-3)23(30)26-11-12-29/h7,9-10,13,15,27,29H,4-6,8,11-12,14H2,1-3H3,(H,26,30)/b20-7-. The number of allylic oxidation sites excluding steroid dienone is 1. The van der Waals surface area contributed by atoms with Gasteiger partial charge in [0, 0.05) is 36.7 Å². The Labute approximate surface area is 183 Å². The molecule has 0 saturated heterocycles. The number of hydrogen-bond donors (Lipinski definition) is 3. The van der Waals surface area contributed by atoms with E-state index < -0.39 is 0 Å². The highest BCUT2D eigenvalue weighted by atomic mass is 35.5. The van der Waals surface area contributed by atoms with E-state index in [0.717, 1.165) is 47.3 Å². The summed E-state index contributed by atoms with van der Waals surface area (Å²) in [6.07, 6.45) is 8.97. The molecule has 0 aliphatic carbocycles. The molecule has 0 saturated carbocycles. The van der Waals surface area contributed by atoms with Crippen molar-refractivity contribution in [2.75, 3.05) is 13.2 Å². The zero-order valence-corrected chi connectivity index (χ0v) is 18.7. The molecule has 0 aliphatic heterocycles. The van der Waals surface area contributed by atoms with E-state index in [-0.39, 0.29) is 19.1 Å². The fourth-order valence-electron chi connectivity index (χ4n) is 3.25. The first-order chi connectivity index (χ1) is 14.5. The van der Waals surface area contributed by atoms with Gasteiger partial charge in [-0.2, -0.15) is 0 Å². The molecular formula is C23H31ClN4O2. The SMILES string of the molecule is CC/C=C(\NCc1cnc(CCC)c(Cl)c1)c1ccnc(C(=O)NCCO)c1CC. The molecule has 2 aromatic rings. The van der Waals surface area contributed by atoms with Gasteiger partial charge in [-0.25, -0.2) is 0 Å². The summed E-state index contributed by atoms with van der Waals surface area (Å²) in [6.45, 7) is 6.84. The van der Waals surface area contributed by atoms with Gasteiger partial charge in [-0.1, -0.05) is 44.9 Å². The number of halogens is 1. The average molecular weight is 431 g/mol. The highest BCUT2D eigenvalue weighted by molar-refractivity contribution is 6.31. The summed E-state index contributed by atoms with van der Waals surface area (Å²) in [7, 11) is 0. The number of carbonyl (C=O) groups is 1. The van der Waals surface area contributed by atoms with Crippen LogP contribution in [0.15, 0.2) is 30.6 Å². The lowest BCUT2D eigenvalue weighted by atomic mass is 9.99. The topological polar surface area (TPSA) is 87.1 Å². The van der Waals surface area contributed by atoms with Crippen LogP contribution in [0.1, 0.15) is 66.5 Å².